The lowest BCUT2D eigenvalue weighted by Gasteiger charge is -2.29. The molecule has 1 aliphatic heterocycles. The van der Waals surface area contributed by atoms with Gasteiger partial charge in [0.25, 0.3) is 11.6 Å². The third-order valence-corrected chi connectivity index (χ3v) is 5.98. The molecule has 1 saturated heterocycles. The average molecular weight is 494 g/mol. The van der Waals surface area contributed by atoms with Gasteiger partial charge in [0.05, 0.1) is 42.0 Å². The fourth-order valence-corrected chi connectivity index (χ4v) is 4.08. The van der Waals surface area contributed by atoms with E-state index in [1.807, 2.05) is 0 Å². The Labute approximate surface area is 188 Å². The molecule has 2 N–H and O–H groups in total. The number of amides is 1. The number of aromatic nitrogens is 1. The highest BCUT2D eigenvalue weighted by molar-refractivity contribution is 9.10. The molecule has 0 aliphatic carbocycles. The van der Waals surface area contributed by atoms with Crippen LogP contribution in [0, 0.1) is 10.1 Å². The highest BCUT2D eigenvalue weighted by atomic mass is 79.9. The second-order valence-corrected chi connectivity index (χ2v) is 8.34. The Balaban J connectivity index is 1.85. The van der Waals surface area contributed by atoms with Crippen LogP contribution in [0.2, 0.25) is 0 Å². The molecule has 0 bridgehead atoms. The Morgan fingerprint density at radius 3 is 2.87 bits per heavy atom. The van der Waals surface area contributed by atoms with Gasteiger partial charge in [0.2, 0.25) is 0 Å². The van der Waals surface area contributed by atoms with Crippen molar-refractivity contribution in [2.24, 2.45) is 0 Å². The van der Waals surface area contributed by atoms with Crippen molar-refractivity contribution in [2.75, 3.05) is 51.1 Å². The molecule has 0 unspecified atom stereocenters. The fourth-order valence-electron chi connectivity index (χ4n) is 3.36. The lowest BCUT2D eigenvalue weighted by Crippen LogP contribution is -2.43. The third-order valence-electron chi connectivity index (χ3n) is 4.95. The van der Waals surface area contributed by atoms with Crippen LogP contribution < -0.4 is 10.6 Å². The van der Waals surface area contributed by atoms with Crippen LogP contribution in [0.4, 0.5) is 17.1 Å². The van der Waals surface area contributed by atoms with Gasteiger partial charge in [-0.1, -0.05) is 12.1 Å². The zero-order valence-corrected chi connectivity index (χ0v) is 18.8. The predicted octanol–water partition coefficient (Wildman–Crippen LogP) is 2.72. The largest absolute Gasteiger partial charge is 0.387 e. The van der Waals surface area contributed by atoms with Crippen molar-refractivity contribution in [1.29, 1.82) is 0 Å². The van der Waals surface area contributed by atoms with E-state index in [4.69, 9.17) is 9.47 Å². The summed E-state index contributed by atoms with van der Waals surface area (Å²) < 4.78 is 10.1. The molecule has 1 aromatic heterocycles. The number of carbonyl (C=O) groups is 1. The number of ether oxygens (including phenoxy) is 2. The molecule has 2 heterocycles. The first-order valence-electron chi connectivity index (χ1n) is 9.62. The van der Waals surface area contributed by atoms with E-state index in [2.05, 4.69) is 31.5 Å². The molecule has 0 spiro atoms. The van der Waals surface area contributed by atoms with Crippen molar-refractivity contribution < 1.29 is 19.2 Å². The summed E-state index contributed by atoms with van der Waals surface area (Å²) in [5, 5.41) is 17.6. The summed E-state index contributed by atoms with van der Waals surface area (Å²) in [6.45, 7) is 1.16. The van der Waals surface area contributed by atoms with Crippen LogP contribution in [0.15, 0.2) is 42.7 Å². The molecule has 10 nitrogen and oxygen atoms in total. The quantitative estimate of drug-likeness (QED) is 0.237. The summed E-state index contributed by atoms with van der Waals surface area (Å²) in [7, 11) is 3.32. The average Bonchev–Trinajstić information content (AvgIpc) is 3.10. The first kappa shape index (κ1) is 22.9. The molecule has 3 rings (SSSR count). The Hall–Kier alpha value is -2.76. The van der Waals surface area contributed by atoms with Crippen molar-refractivity contribution in [3.63, 3.8) is 0 Å². The number of para-hydroxylation sites is 2. The van der Waals surface area contributed by atoms with Crippen LogP contribution in [-0.2, 0) is 9.47 Å². The van der Waals surface area contributed by atoms with E-state index in [9.17, 15) is 14.9 Å². The predicted molar refractivity (Wildman–Crippen MR) is 120 cm³/mol. The Bertz CT molecular complexity index is 946. The molecule has 0 radical (unpaired) electrons. The molecular formula is C20H24BrN5O5. The van der Waals surface area contributed by atoms with Gasteiger partial charge in [0, 0.05) is 39.2 Å². The topological polar surface area (TPSA) is 119 Å². The maximum Gasteiger partial charge on any atom is 0.292 e. The molecule has 2 atom stereocenters. The summed E-state index contributed by atoms with van der Waals surface area (Å²) >= 11 is 3.64. The Morgan fingerprint density at radius 2 is 2.16 bits per heavy atom. The Morgan fingerprint density at radius 1 is 1.39 bits per heavy atom. The number of hydrogen-bond donors (Lipinski definition) is 2. The number of likely N-dealkylation sites (tertiary alicyclic amines) is 1. The van der Waals surface area contributed by atoms with Crippen LogP contribution in [0.3, 0.4) is 0 Å². The number of halogens is 1. The van der Waals surface area contributed by atoms with E-state index < -0.39 is 15.5 Å². The number of nitrogens with zero attached hydrogens (tertiary/aromatic N) is 3. The van der Waals surface area contributed by atoms with Gasteiger partial charge >= 0.3 is 0 Å². The van der Waals surface area contributed by atoms with E-state index >= 15 is 0 Å². The van der Waals surface area contributed by atoms with Gasteiger partial charge in [-0.25, -0.2) is 0 Å². The number of nitro benzene ring substituents is 1. The highest BCUT2D eigenvalue weighted by Crippen LogP contribution is 2.36. The number of methoxy groups -OCH3 is 1. The SMILES string of the molecule is CNc1cncc(C(=O)N2C[C@H](Nc3ccccc3[N+](=O)[O-])[C@](Br)(OCCOC)C2)c1. The van der Waals surface area contributed by atoms with Crippen LogP contribution in [-0.4, -0.2) is 71.7 Å². The maximum atomic E-state index is 13.1. The summed E-state index contributed by atoms with van der Waals surface area (Å²) in [4.78, 5) is 29.8. The van der Waals surface area contributed by atoms with Crippen molar-refractivity contribution >= 4 is 38.9 Å². The van der Waals surface area contributed by atoms with Crippen molar-refractivity contribution in [3.05, 3.63) is 58.4 Å². The van der Waals surface area contributed by atoms with Crippen LogP contribution in [0.5, 0.6) is 0 Å². The fraction of sp³-hybridized carbons (Fsp3) is 0.400. The Kier molecular flexibility index (Phi) is 7.42. The number of rotatable bonds is 9. The van der Waals surface area contributed by atoms with E-state index in [1.165, 1.54) is 12.3 Å². The third kappa shape index (κ3) is 5.30. The molecular weight excluding hydrogens is 470 g/mol. The molecule has 166 valence electrons. The number of pyridine rings is 1. The minimum atomic E-state index is -0.959. The van der Waals surface area contributed by atoms with E-state index in [1.54, 1.807) is 49.5 Å². The lowest BCUT2D eigenvalue weighted by atomic mass is 10.2. The maximum absolute atomic E-state index is 13.1. The molecule has 0 saturated carbocycles. The first-order valence-corrected chi connectivity index (χ1v) is 10.4. The summed E-state index contributed by atoms with van der Waals surface area (Å²) in [5.41, 5.74) is 1.46. The zero-order chi connectivity index (χ0) is 22.4. The van der Waals surface area contributed by atoms with Gasteiger partial charge in [-0.3, -0.25) is 19.9 Å². The number of benzene rings is 1. The second-order valence-electron chi connectivity index (χ2n) is 7.00. The van der Waals surface area contributed by atoms with E-state index in [0.29, 0.717) is 17.9 Å². The zero-order valence-electron chi connectivity index (χ0n) is 17.2. The summed E-state index contributed by atoms with van der Waals surface area (Å²) in [6.07, 6.45) is 3.13. The number of nitrogens with one attached hydrogen (secondary N) is 2. The number of anilines is 2. The first-order chi connectivity index (χ1) is 14.9. The van der Waals surface area contributed by atoms with Crippen LogP contribution in [0.1, 0.15) is 10.4 Å². The van der Waals surface area contributed by atoms with Crippen molar-refractivity contribution in [2.45, 2.75) is 10.6 Å². The number of hydrogen-bond acceptors (Lipinski definition) is 8. The molecule has 11 heteroatoms. The van der Waals surface area contributed by atoms with E-state index in [0.717, 1.165) is 5.69 Å². The van der Waals surface area contributed by atoms with Gasteiger partial charge in [-0.05, 0) is 28.1 Å². The number of carbonyl (C=O) groups excluding carboxylic acids is 1. The van der Waals surface area contributed by atoms with Gasteiger partial charge in [0.15, 0.2) is 4.51 Å². The molecule has 2 aromatic rings. The number of alkyl halides is 1. The van der Waals surface area contributed by atoms with Gasteiger partial charge in [-0.15, -0.1) is 0 Å². The van der Waals surface area contributed by atoms with Gasteiger partial charge in [0.1, 0.15) is 5.69 Å². The molecule has 1 aliphatic rings. The van der Waals surface area contributed by atoms with Crippen LogP contribution >= 0.6 is 15.9 Å². The van der Waals surface area contributed by atoms with Crippen LogP contribution in [0.25, 0.3) is 0 Å². The number of nitro groups is 1. The summed E-state index contributed by atoms with van der Waals surface area (Å²) in [5.74, 6) is -0.212. The lowest BCUT2D eigenvalue weighted by molar-refractivity contribution is -0.384. The standard InChI is InChI=1S/C20H24BrN5O5/c1-22-15-9-14(10-23-11-15)19(27)25-12-18(20(21,13-25)31-8-7-30-2)24-16-5-3-4-6-17(16)26(28)29/h3-6,9-11,18,22,24H,7-8,12-13H2,1-2H3/t18-,20+/m0/s1. The minimum Gasteiger partial charge on any atom is -0.387 e. The van der Waals surface area contributed by atoms with Crippen molar-refractivity contribution in [3.8, 4) is 0 Å². The summed E-state index contributed by atoms with van der Waals surface area (Å²) in [6, 6.07) is 7.65. The smallest absolute Gasteiger partial charge is 0.292 e. The van der Waals surface area contributed by atoms with Crippen molar-refractivity contribution in [1.82, 2.24) is 9.88 Å². The van der Waals surface area contributed by atoms with Gasteiger partial charge in [-0.2, -0.15) is 0 Å². The molecule has 1 aromatic carbocycles. The molecule has 1 amide bonds. The highest BCUT2D eigenvalue weighted by Gasteiger charge is 2.48. The minimum absolute atomic E-state index is 0.0510. The molecule has 1 fully saturated rings. The van der Waals surface area contributed by atoms with Gasteiger partial charge < -0.3 is 25.0 Å². The monoisotopic (exact) mass is 493 g/mol. The second kappa shape index (κ2) is 10.0. The normalized spacial score (nSPS) is 20.5. The molecule has 31 heavy (non-hydrogen) atoms. The van der Waals surface area contributed by atoms with E-state index in [-0.39, 0.29) is 31.3 Å².